The van der Waals surface area contributed by atoms with Crippen LogP contribution in [0.2, 0.25) is 10.0 Å². The van der Waals surface area contributed by atoms with Crippen molar-refractivity contribution in [3.05, 3.63) is 92.8 Å². The van der Waals surface area contributed by atoms with Gasteiger partial charge in [-0.05, 0) is 42.8 Å². The van der Waals surface area contributed by atoms with Crippen LogP contribution in [0.15, 0.2) is 66.7 Å². The van der Waals surface area contributed by atoms with Gasteiger partial charge in [-0.25, -0.2) is 0 Å². The molecule has 4 aromatic rings. The van der Waals surface area contributed by atoms with Crippen molar-refractivity contribution in [3.63, 3.8) is 0 Å². The summed E-state index contributed by atoms with van der Waals surface area (Å²) in [4.78, 5) is 30.3. The average Bonchev–Trinajstić information content (AvgIpc) is 3.21. The van der Waals surface area contributed by atoms with Gasteiger partial charge in [-0.1, -0.05) is 59.6 Å². The Morgan fingerprint density at radius 1 is 0.914 bits per heavy atom. The minimum Gasteiger partial charge on any atom is -0.367 e. The monoisotopic (exact) mass is 523 g/mol. The van der Waals surface area contributed by atoms with E-state index in [1.807, 2.05) is 72.5 Å². The molecule has 1 aliphatic rings. The fourth-order valence-corrected chi connectivity index (χ4v) is 6.03. The normalized spacial score (nSPS) is 13.8. The Labute approximate surface area is 217 Å². The van der Waals surface area contributed by atoms with Crippen molar-refractivity contribution in [1.29, 1.82) is 0 Å². The van der Waals surface area contributed by atoms with Crippen LogP contribution in [-0.4, -0.2) is 42.9 Å². The number of piperazine rings is 1. The minimum atomic E-state index is -0.261. The number of thiophene rings is 1. The molecule has 0 aliphatic carbocycles. The first-order valence-corrected chi connectivity index (χ1v) is 12.9. The van der Waals surface area contributed by atoms with Crippen molar-refractivity contribution in [2.75, 3.05) is 36.4 Å². The van der Waals surface area contributed by atoms with Crippen molar-refractivity contribution >= 4 is 67.8 Å². The van der Waals surface area contributed by atoms with Crippen LogP contribution < -0.4 is 10.2 Å². The van der Waals surface area contributed by atoms with E-state index < -0.39 is 0 Å². The number of amides is 2. The van der Waals surface area contributed by atoms with E-state index in [0.29, 0.717) is 46.8 Å². The van der Waals surface area contributed by atoms with Crippen molar-refractivity contribution in [1.82, 2.24) is 4.90 Å². The molecule has 1 saturated heterocycles. The van der Waals surface area contributed by atoms with Crippen LogP contribution in [0.4, 0.5) is 11.4 Å². The topological polar surface area (TPSA) is 52.7 Å². The van der Waals surface area contributed by atoms with Crippen LogP contribution >= 0.6 is 34.5 Å². The van der Waals surface area contributed by atoms with E-state index in [4.69, 9.17) is 23.2 Å². The van der Waals surface area contributed by atoms with Gasteiger partial charge in [0, 0.05) is 47.5 Å². The second-order valence-corrected chi connectivity index (χ2v) is 10.3. The molecule has 1 aromatic heterocycles. The zero-order valence-electron chi connectivity index (χ0n) is 19.1. The number of aryl methyl sites for hydroxylation is 1. The minimum absolute atomic E-state index is 0.0619. The Kier molecular flexibility index (Phi) is 6.69. The van der Waals surface area contributed by atoms with E-state index in [0.717, 1.165) is 26.9 Å². The molecule has 0 atom stereocenters. The molecule has 0 spiro atoms. The van der Waals surface area contributed by atoms with Crippen LogP contribution in [0.25, 0.3) is 10.1 Å². The van der Waals surface area contributed by atoms with E-state index in [1.165, 1.54) is 11.3 Å². The summed E-state index contributed by atoms with van der Waals surface area (Å²) in [5.74, 6) is -0.199. The number of fused-ring (bicyclic) bond motifs is 1. The quantitative estimate of drug-likeness (QED) is 0.322. The summed E-state index contributed by atoms with van der Waals surface area (Å²) in [5.41, 5.74) is 3.22. The van der Waals surface area contributed by atoms with Gasteiger partial charge in [-0.15, -0.1) is 11.3 Å². The predicted molar refractivity (Wildman–Crippen MR) is 146 cm³/mol. The van der Waals surface area contributed by atoms with Gasteiger partial charge >= 0.3 is 0 Å². The molecule has 2 heterocycles. The van der Waals surface area contributed by atoms with Crippen LogP contribution in [0.1, 0.15) is 25.6 Å². The van der Waals surface area contributed by atoms with Gasteiger partial charge in [0.25, 0.3) is 11.8 Å². The Hall–Kier alpha value is -3.06. The predicted octanol–water partition coefficient (Wildman–Crippen LogP) is 6.73. The van der Waals surface area contributed by atoms with Crippen LogP contribution in [-0.2, 0) is 0 Å². The van der Waals surface area contributed by atoms with Crippen molar-refractivity contribution in [2.24, 2.45) is 0 Å². The first kappa shape index (κ1) is 23.7. The lowest BCUT2D eigenvalue weighted by Crippen LogP contribution is -2.49. The zero-order chi connectivity index (χ0) is 24.5. The Balaban J connectivity index is 1.25. The first-order valence-electron chi connectivity index (χ1n) is 11.3. The second kappa shape index (κ2) is 9.90. The molecule has 8 heteroatoms. The second-order valence-electron chi connectivity index (χ2n) is 8.46. The van der Waals surface area contributed by atoms with Crippen molar-refractivity contribution in [2.45, 2.75) is 6.92 Å². The summed E-state index contributed by atoms with van der Waals surface area (Å²) in [6.45, 7) is 4.55. The molecule has 2 amide bonds. The molecule has 0 radical (unpaired) electrons. The third kappa shape index (κ3) is 4.74. The highest BCUT2D eigenvalue weighted by atomic mass is 35.5. The molecular weight excluding hydrogens is 501 g/mol. The molecule has 0 unspecified atom stereocenters. The SMILES string of the molecule is Cc1ccccc1C(=O)N1CCN(c2ccc(NC(=O)c3sc4ccccc4c3Cl)cc2Cl)CC1. The van der Waals surface area contributed by atoms with Crippen LogP contribution in [0, 0.1) is 6.92 Å². The van der Waals surface area contributed by atoms with Gasteiger partial charge < -0.3 is 15.1 Å². The molecule has 1 aliphatic heterocycles. The number of hydrogen-bond donors (Lipinski definition) is 1. The lowest BCUT2D eigenvalue weighted by atomic mass is 10.1. The number of nitrogens with zero attached hydrogens (tertiary/aromatic N) is 2. The number of rotatable bonds is 4. The molecule has 5 rings (SSSR count). The fourth-order valence-electron chi connectivity index (χ4n) is 4.32. The average molecular weight is 524 g/mol. The van der Waals surface area contributed by atoms with Gasteiger partial charge in [0.1, 0.15) is 4.88 Å². The molecule has 178 valence electrons. The standard InChI is InChI=1S/C27H23Cl2N3O2S/c1-17-6-2-3-7-19(17)27(34)32-14-12-31(13-15-32)22-11-10-18(16-21(22)28)30-26(33)25-24(29)20-8-4-5-9-23(20)35-25/h2-11,16H,12-15H2,1H3,(H,30,33). The highest BCUT2D eigenvalue weighted by Gasteiger charge is 2.24. The summed E-state index contributed by atoms with van der Waals surface area (Å²) in [6.07, 6.45) is 0. The Morgan fingerprint density at radius 2 is 1.63 bits per heavy atom. The van der Waals surface area contributed by atoms with Gasteiger partial charge in [-0.3, -0.25) is 9.59 Å². The Morgan fingerprint density at radius 3 is 2.34 bits per heavy atom. The fraction of sp³-hybridized carbons (Fsp3) is 0.185. The van der Waals surface area contributed by atoms with E-state index in [1.54, 1.807) is 6.07 Å². The number of hydrogen-bond acceptors (Lipinski definition) is 4. The van der Waals surface area contributed by atoms with Crippen molar-refractivity contribution in [3.8, 4) is 0 Å². The van der Waals surface area contributed by atoms with E-state index in [-0.39, 0.29) is 11.8 Å². The van der Waals surface area contributed by atoms with Gasteiger partial charge in [-0.2, -0.15) is 0 Å². The molecule has 3 aromatic carbocycles. The van der Waals surface area contributed by atoms with E-state index >= 15 is 0 Å². The maximum Gasteiger partial charge on any atom is 0.267 e. The summed E-state index contributed by atoms with van der Waals surface area (Å²) < 4.78 is 0.969. The smallest absolute Gasteiger partial charge is 0.267 e. The third-order valence-corrected chi connectivity index (χ3v) is 8.21. The highest BCUT2D eigenvalue weighted by molar-refractivity contribution is 7.21. The first-order chi connectivity index (χ1) is 16.9. The molecule has 5 nitrogen and oxygen atoms in total. The summed E-state index contributed by atoms with van der Waals surface area (Å²) >= 11 is 14.4. The molecule has 1 N–H and O–H groups in total. The molecular formula is C27H23Cl2N3O2S. The maximum atomic E-state index is 12.9. The molecule has 0 bridgehead atoms. The third-order valence-electron chi connectivity index (χ3n) is 6.23. The maximum absolute atomic E-state index is 12.9. The van der Waals surface area contributed by atoms with Crippen molar-refractivity contribution < 1.29 is 9.59 Å². The zero-order valence-corrected chi connectivity index (χ0v) is 21.4. The molecule has 1 fully saturated rings. The number of nitrogens with one attached hydrogen (secondary N) is 1. The van der Waals surface area contributed by atoms with Gasteiger partial charge in [0.05, 0.1) is 15.7 Å². The lowest BCUT2D eigenvalue weighted by molar-refractivity contribution is 0.0746. The van der Waals surface area contributed by atoms with Crippen LogP contribution in [0.3, 0.4) is 0 Å². The molecule has 0 saturated carbocycles. The number of anilines is 2. The highest BCUT2D eigenvalue weighted by Crippen LogP contribution is 2.36. The Bertz CT molecular complexity index is 1430. The summed E-state index contributed by atoms with van der Waals surface area (Å²) in [6, 6.07) is 20.8. The van der Waals surface area contributed by atoms with E-state index in [9.17, 15) is 9.59 Å². The molecule has 35 heavy (non-hydrogen) atoms. The van der Waals surface area contributed by atoms with Crippen LogP contribution in [0.5, 0.6) is 0 Å². The lowest BCUT2D eigenvalue weighted by Gasteiger charge is -2.36. The number of carbonyl (C=O) groups is 2. The largest absolute Gasteiger partial charge is 0.367 e. The summed E-state index contributed by atoms with van der Waals surface area (Å²) in [7, 11) is 0. The van der Waals surface area contributed by atoms with Gasteiger partial charge in [0.15, 0.2) is 0 Å². The number of benzene rings is 3. The summed E-state index contributed by atoms with van der Waals surface area (Å²) in [5, 5.41) is 4.79. The number of halogens is 2. The van der Waals surface area contributed by atoms with E-state index in [2.05, 4.69) is 10.2 Å². The van der Waals surface area contributed by atoms with Gasteiger partial charge in [0.2, 0.25) is 0 Å². The number of carbonyl (C=O) groups excluding carboxylic acids is 2.